The quantitative estimate of drug-likeness (QED) is 0.855. The number of aryl methyl sites for hydroxylation is 2. The highest BCUT2D eigenvalue weighted by molar-refractivity contribution is 9.09. The summed E-state index contributed by atoms with van der Waals surface area (Å²) in [7, 11) is 1.88. The fraction of sp³-hybridized carbons (Fsp3) is 0.733. The van der Waals surface area contributed by atoms with Crippen LogP contribution < -0.4 is 5.32 Å². The minimum atomic E-state index is 0.0204. The molecule has 0 bridgehead atoms. The number of hydrogen-bond acceptors (Lipinski definition) is 2. The first-order valence-corrected chi connectivity index (χ1v) is 8.51. The minimum Gasteiger partial charge on any atom is -0.352 e. The Morgan fingerprint density at radius 3 is 2.55 bits per heavy atom. The number of carbonyl (C=O) groups excluding carboxylic acids is 1. The lowest BCUT2D eigenvalue weighted by molar-refractivity contribution is 0.0935. The Morgan fingerprint density at radius 1 is 1.35 bits per heavy atom. The Morgan fingerprint density at radius 2 is 2.00 bits per heavy atom. The summed E-state index contributed by atoms with van der Waals surface area (Å²) in [6.07, 6.45) is 5.11. The molecule has 4 nitrogen and oxygen atoms in total. The summed E-state index contributed by atoms with van der Waals surface area (Å²) >= 11 is 3.60. The summed E-state index contributed by atoms with van der Waals surface area (Å²) in [6, 6.07) is 0. The topological polar surface area (TPSA) is 46.9 Å². The number of amides is 1. The molecule has 0 aliphatic heterocycles. The van der Waals surface area contributed by atoms with Gasteiger partial charge in [-0.25, -0.2) is 0 Å². The van der Waals surface area contributed by atoms with Crippen LogP contribution in [0.1, 0.15) is 47.4 Å². The summed E-state index contributed by atoms with van der Waals surface area (Å²) in [5.41, 5.74) is 2.47. The molecule has 112 valence electrons. The van der Waals surface area contributed by atoms with Crippen LogP contribution in [0, 0.1) is 25.7 Å². The molecular weight excluding hydrogens is 318 g/mol. The van der Waals surface area contributed by atoms with Crippen LogP contribution in [0.15, 0.2) is 0 Å². The van der Waals surface area contributed by atoms with Crippen LogP contribution in [-0.2, 0) is 7.05 Å². The Bertz CT molecular complexity index is 484. The molecule has 1 aromatic rings. The van der Waals surface area contributed by atoms with Gasteiger partial charge in [0.05, 0.1) is 11.3 Å². The highest BCUT2D eigenvalue weighted by atomic mass is 79.9. The molecule has 1 aliphatic rings. The second-order valence-electron chi connectivity index (χ2n) is 5.84. The van der Waals surface area contributed by atoms with Crippen molar-refractivity contribution in [3.63, 3.8) is 0 Å². The van der Waals surface area contributed by atoms with Crippen LogP contribution in [0.4, 0.5) is 0 Å². The van der Waals surface area contributed by atoms with E-state index in [0.29, 0.717) is 11.8 Å². The smallest absolute Gasteiger partial charge is 0.255 e. The van der Waals surface area contributed by atoms with Crippen LogP contribution in [-0.4, -0.2) is 27.6 Å². The minimum absolute atomic E-state index is 0.0204. The van der Waals surface area contributed by atoms with Gasteiger partial charge in [-0.05, 0) is 38.5 Å². The Hall–Kier alpha value is -0.840. The molecule has 2 unspecified atom stereocenters. The maximum Gasteiger partial charge on any atom is 0.255 e. The SMILES string of the molecule is Cc1nn(C)c(C)c1C(=O)NCC1CCCCC1CBr. The Balaban J connectivity index is 1.98. The number of alkyl halides is 1. The Labute approximate surface area is 129 Å². The molecule has 0 spiro atoms. The molecule has 0 radical (unpaired) electrons. The number of nitrogens with one attached hydrogen (secondary N) is 1. The average molecular weight is 342 g/mol. The zero-order valence-electron chi connectivity index (χ0n) is 12.6. The number of aromatic nitrogens is 2. The number of rotatable bonds is 4. The van der Waals surface area contributed by atoms with Crippen molar-refractivity contribution in [3.05, 3.63) is 17.0 Å². The maximum absolute atomic E-state index is 12.4. The van der Waals surface area contributed by atoms with Crippen molar-refractivity contribution < 1.29 is 4.79 Å². The predicted octanol–water partition coefficient (Wildman–Crippen LogP) is 2.97. The van der Waals surface area contributed by atoms with Gasteiger partial charge in [0.2, 0.25) is 0 Å². The van der Waals surface area contributed by atoms with Crippen molar-refractivity contribution in [1.82, 2.24) is 15.1 Å². The first-order valence-electron chi connectivity index (χ1n) is 7.39. The zero-order valence-corrected chi connectivity index (χ0v) is 14.2. The molecule has 1 fully saturated rings. The van der Waals surface area contributed by atoms with Gasteiger partial charge in [0.15, 0.2) is 0 Å². The lowest BCUT2D eigenvalue weighted by Gasteiger charge is -2.30. The second kappa shape index (κ2) is 6.74. The van der Waals surface area contributed by atoms with Crippen LogP contribution >= 0.6 is 15.9 Å². The van der Waals surface area contributed by atoms with Gasteiger partial charge in [0.25, 0.3) is 5.91 Å². The molecular formula is C15H24BrN3O. The van der Waals surface area contributed by atoms with Crippen LogP contribution in [0.5, 0.6) is 0 Å². The standard InChI is InChI=1S/C15H24BrN3O/c1-10-14(11(2)19(3)18-10)15(20)17-9-13-7-5-4-6-12(13)8-16/h12-13H,4-9H2,1-3H3,(H,17,20). The van der Waals surface area contributed by atoms with Gasteiger partial charge in [-0.15, -0.1) is 0 Å². The predicted molar refractivity (Wildman–Crippen MR) is 84.3 cm³/mol. The average Bonchev–Trinajstić information content (AvgIpc) is 2.70. The van der Waals surface area contributed by atoms with Crippen molar-refractivity contribution in [2.24, 2.45) is 18.9 Å². The van der Waals surface area contributed by atoms with E-state index in [9.17, 15) is 4.79 Å². The first kappa shape index (κ1) is 15.5. The third kappa shape index (κ3) is 3.25. The maximum atomic E-state index is 12.4. The van der Waals surface area contributed by atoms with Crippen molar-refractivity contribution in [2.75, 3.05) is 11.9 Å². The molecule has 2 atom stereocenters. The molecule has 1 saturated carbocycles. The molecule has 1 aromatic heterocycles. The van der Waals surface area contributed by atoms with Crippen LogP contribution in [0.2, 0.25) is 0 Å². The first-order chi connectivity index (χ1) is 9.54. The van der Waals surface area contributed by atoms with E-state index >= 15 is 0 Å². The summed E-state index contributed by atoms with van der Waals surface area (Å²) in [5.74, 6) is 1.32. The monoisotopic (exact) mass is 341 g/mol. The fourth-order valence-electron chi connectivity index (χ4n) is 3.17. The van der Waals surface area contributed by atoms with Crippen LogP contribution in [0.25, 0.3) is 0 Å². The zero-order chi connectivity index (χ0) is 14.7. The van der Waals surface area contributed by atoms with Crippen molar-refractivity contribution in [3.8, 4) is 0 Å². The molecule has 20 heavy (non-hydrogen) atoms. The number of hydrogen-bond donors (Lipinski definition) is 1. The summed E-state index contributed by atoms with van der Waals surface area (Å²) in [6.45, 7) is 4.61. The summed E-state index contributed by atoms with van der Waals surface area (Å²) in [4.78, 5) is 12.4. The van der Waals surface area contributed by atoms with E-state index in [1.807, 2.05) is 20.9 Å². The lowest BCUT2D eigenvalue weighted by Crippen LogP contribution is -2.35. The highest BCUT2D eigenvalue weighted by Crippen LogP contribution is 2.30. The van der Waals surface area contributed by atoms with E-state index in [1.54, 1.807) is 4.68 Å². The largest absolute Gasteiger partial charge is 0.352 e. The normalized spacial score (nSPS) is 22.8. The number of nitrogens with zero attached hydrogens (tertiary/aromatic N) is 2. The highest BCUT2D eigenvalue weighted by Gasteiger charge is 2.25. The van der Waals surface area contributed by atoms with E-state index in [1.165, 1.54) is 25.7 Å². The molecule has 1 heterocycles. The van der Waals surface area contributed by atoms with Crippen molar-refractivity contribution in [1.29, 1.82) is 0 Å². The molecule has 1 aliphatic carbocycles. The van der Waals surface area contributed by atoms with Crippen molar-refractivity contribution in [2.45, 2.75) is 39.5 Å². The number of carbonyl (C=O) groups is 1. The van der Waals surface area contributed by atoms with E-state index in [-0.39, 0.29) is 5.91 Å². The number of halogens is 1. The van der Waals surface area contributed by atoms with E-state index < -0.39 is 0 Å². The van der Waals surface area contributed by atoms with Gasteiger partial charge in [0.1, 0.15) is 0 Å². The summed E-state index contributed by atoms with van der Waals surface area (Å²) < 4.78 is 1.77. The van der Waals surface area contributed by atoms with Crippen LogP contribution in [0.3, 0.4) is 0 Å². The Kier molecular flexibility index (Phi) is 5.24. The molecule has 2 rings (SSSR count). The molecule has 1 N–H and O–H groups in total. The second-order valence-corrected chi connectivity index (χ2v) is 6.49. The van der Waals surface area contributed by atoms with Gasteiger partial charge in [-0.1, -0.05) is 28.8 Å². The molecule has 0 saturated heterocycles. The van der Waals surface area contributed by atoms with E-state index in [4.69, 9.17) is 0 Å². The van der Waals surface area contributed by atoms with Crippen molar-refractivity contribution >= 4 is 21.8 Å². The molecule has 0 aromatic carbocycles. The van der Waals surface area contributed by atoms with Gasteiger partial charge in [-0.2, -0.15) is 5.10 Å². The van der Waals surface area contributed by atoms with Gasteiger partial charge >= 0.3 is 0 Å². The van der Waals surface area contributed by atoms with Gasteiger partial charge in [-0.3, -0.25) is 9.48 Å². The van der Waals surface area contributed by atoms with Gasteiger partial charge < -0.3 is 5.32 Å². The molecule has 1 amide bonds. The lowest BCUT2D eigenvalue weighted by atomic mass is 9.80. The van der Waals surface area contributed by atoms with E-state index in [0.717, 1.165) is 28.8 Å². The third-order valence-corrected chi connectivity index (χ3v) is 5.36. The molecule has 5 heteroatoms. The third-order valence-electron chi connectivity index (χ3n) is 4.53. The summed E-state index contributed by atoms with van der Waals surface area (Å²) in [5, 5.41) is 8.46. The van der Waals surface area contributed by atoms with E-state index in [2.05, 4.69) is 26.3 Å². The fourth-order valence-corrected chi connectivity index (χ4v) is 4.02. The van der Waals surface area contributed by atoms with Gasteiger partial charge in [0, 0.05) is 24.6 Å².